The molecule has 2 aromatic carbocycles. The summed E-state index contributed by atoms with van der Waals surface area (Å²) in [5.74, 6) is 2.96. The molecular formula is C25H30AcO3S. The number of hydrogen-bond donors (Lipinski definition) is 2. The Kier molecular flexibility index (Phi) is 6.87. The molecule has 3 aliphatic carbocycles. The van der Waals surface area contributed by atoms with E-state index in [-0.39, 0.29) is 55.6 Å². The Bertz CT molecular complexity index is 902. The zero-order valence-corrected chi connectivity index (χ0v) is 23.3. The first-order valence-electron chi connectivity index (χ1n) is 10.8. The van der Waals surface area contributed by atoms with Gasteiger partial charge in [-0.05, 0) is 103 Å². The molecule has 0 bridgehead atoms. The molecule has 0 aromatic heterocycles. The van der Waals surface area contributed by atoms with Gasteiger partial charge in [-0.25, -0.2) is 0 Å². The summed E-state index contributed by atoms with van der Waals surface area (Å²) in [6.45, 7) is 2.33. The average Bonchev–Trinajstić information content (AvgIpc) is 3.03. The number of aromatic hydroxyl groups is 1. The van der Waals surface area contributed by atoms with Crippen molar-refractivity contribution in [3.63, 3.8) is 0 Å². The van der Waals surface area contributed by atoms with Crippen LogP contribution in [-0.4, -0.2) is 28.7 Å². The van der Waals surface area contributed by atoms with E-state index in [1.54, 1.807) is 19.2 Å². The molecule has 3 aliphatic rings. The van der Waals surface area contributed by atoms with Crippen LogP contribution in [0, 0.1) is 61.3 Å². The van der Waals surface area contributed by atoms with Crippen LogP contribution in [0.25, 0.3) is 0 Å². The standard InChI is InChI=1S/C25H30O3S.Ac/c1-25-12-11-20-19-8-5-17(28-2)13-15(19)14-22(24(20)21(25)9-10-23(25)27)29-18-6-3-16(26)4-7-18;/h3-8,13,20-24,26-27H,9-12,14H2,1-2H3;. The molecule has 0 spiro atoms. The molecule has 6 atom stereocenters. The molecular weight excluding hydrogens is 607 g/mol. The van der Waals surface area contributed by atoms with Crippen molar-refractivity contribution in [2.75, 3.05) is 7.11 Å². The molecule has 30 heavy (non-hydrogen) atoms. The largest absolute Gasteiger partial charge is 0.508 e. The minimum atomic E-state index is -0.162. The van der Waals surface area contributed by atoms with Gasteiger partial charge in [0.2, 0.25) is 0 Å². The van der Waals surface area contributed by atoms with Crippen molar-refractivity contribution in [3.8, 4) is 11.5 Å². The van der Waals surface area contributed by atoms with Crippen LogP contribution in [0.15, 0.2) is 47.4 Å². The third kappa shape index (κ3) is 3.87. The molecule has 6 unspecified atom stereocenters. The minimum absolute atomic E-state index is 0. The van der Waals surface area contributed by atoms with Gasteiger partial charge in [-0.3, -0.25) is 0 Å². The smallest absolute Gasteiger partial charge is 0.119 e. The summed E-state index contributed by atoms with van der Waals surface area (Å²) in [6.07, 6.45) is 5.21. The van der Waals surface area contributed by atoms with Crippen molar-refractivity contribution in [2.45, 2.75) is 61.2 Å². The zero-order chi connectivity index (χ0) is 20.2. The summed E-state index contributed by atoms with van der Waals surface area (Å²) in [5, 5.41) is 20.9. The molecule has 2 N–H and O–H groups in total. The molecule has 3 nitrogen and oxygen atoms in total. The van der Waals surface area contributed by atoms with Crippen molar-refractivity contribution in [3.05, 3.63) is 53.6 Å². The molecule has 0 aliphatic heterocycles. The molecule has 2 saturated carbocycles. The van der Waals surface area contributed by atoms with Crippen LogP contribution in [-0.2, 0) is 6.42 Å². The van der Waals surface area contributed by atoms with Crippen molar-refractivity contribution < 1.29 is 59.0 Å². The molecule has 0 amide bonds. The molecule has 0 saturated heterocycles. The molecule has 5 heteroatoms. The van der Waals surface area contributed by atoms with Gasteiger partial charge in [0, 0.05) is 54.2 Å². The second kappa shape index (κ2) is 8.97. The van der Waals surface area contributed by atoms with Crippen LogP contribution in [0.5, 0.6) is 11.5 Å². The van der Waals surface area contributed by atoms with Gasteiger partial charge < -0.3 is 14.9 Å². The van der Waals surface area contributed by atoms with E-state index in [0.29, 0.717) is 28.8 Å². The van der Waals surface area contributed by atoms with E-state index in [2.05, 4.69) is 25.1 Å². The van der Waals surface area contributed by atoms with E-state index in [4.69, 9.17) is 4.74 Å². The molecule has 1 radical (unpaired) electrons. The van der Waals surface area contributed by atoms with Gasteiger partial charge in [0.05, 0.1) is 13.2 Å². The number of thioether (sulfide) groups is 1. The van der Waals surface area contributed by atoms with Gasteiger partial charge in [-0.1, -0.05) is 13.0 Å². The predicted octanol–water partition coefficient (Wildman–Crippen LogP) is 5.39. The maximum Gasteiger partial charge on any atom is 0.119 e. The Morgan fingerprint density at radius 2 is 1.83 bits per heavy atom. The number of fused-ring (bicyclic) bond motifs is 5. The van der Waals surface area contributed by atoms with Gasteiger partial charge in [0.15, 0.2) is 0 Å². The minimum Gasteiger partial charge on any atom is -0.508 e. The maximum atomic E-state index is 10.8. The van der Waals surface area contributed by atoms with E-state index in [0.717, 1.165) is 37.9 Å². The van der Waals surface area contributed by atoms with Crippen molar-refractivity contribution >= 4 is 11.8 Å². The number of phenolic OH excluding ortho intramolecular Hbond substituents is 1. The van der Waals surface area contributed by atoms with Gasteiger partial charge in [0.25, 0.3) is 0 Å². The summed E-state index contributed by atoms with van der Waals surface area (Å²) in [4.78, 5) is 1.21. The Morgan fingerprint density at radius 3 is 2.57 bits per heavy atom. The number of rotatable bonds is 3. The number of ether oxygens (including phenoxy) is 1. The van der Waals surface area contributed by atoms with E-state index in [1.807, 2.05) is 23.9 Å². The maximum absolute atomic E-state index is 10.8. The monoisotopic (exact) mass is 637 g/mol. The topological polar surface area (TPSA) is 49.7 Å². The van der Waals surface area contributed by atoms with Crippen LogP contribution in [0.3, 0.4) is 0 Å². The van der Waals surface area contributed by atoms with Crippen molar-refractivity contribution in [1.29, 1.82) is 0 Å². The molecule has 0 heterocycles. The van der Waals surface area contributed by atoms with Crippen LogP contribution in [0.4, 0.5) is 0 Å². The Balaban J connectivity index is 0.00000218. The normalized spacial score (nSPS) is 34.3. The first kappa shape index (κ1) is 23.0. The fraction of sp³-hybridized carbons (Fsp3) is 0.520. The first-order valence-corrected chi connectivity index (χ1v) is 11.7. The first-order chi connectivity index (χ1) is 14.0. The van der Waals surface area contributed by atoms with Gasteiger partial charge in [0.1, 0.15) is 11.5 Å². The van der Waals surface area contributed by atoms with E-state index in [9.17, 15) is 10.2 Å². The molecule has 157 valence electrons. The fourth-order valence-electron chi connectivity index (χ4n) is 6.47. The summed E-state index contributed by atoms with van der Waals surface area (Å²) in [7, 11) is 1.74. The third-order valence-corrected chi connectivity index (χ3v) is 9.33. The predicted molar refractivity (Wildman–Crippen MR) is 117 cm³/mol. The SMILES string of the molecule is COc1ccc2c(c1)CC(Sc1ccc(O)cc1)C1C2CCC2(C)C(O)CCC12.[Ac]. The van der Waals surface area contributed by atoms with Crippen LogP contribution < -0.4 is 4.74 Å². The number of aliphatic hydroxyl groups excluding tert-OH is 1. The van der Waals surface area contributed by atoms with Gasteiger partial charge in [-0.2, -0.15) is 0 Å². The number of benzene rings is 2. The Morgan fingerprint density at radius 1 is 1.07 bits per heavy atom. The quantitative estimate of drug-likeness (QED) is 0.475. The summed E-state index contributed by atoms with van der Waals surface area (Å²) >= 11 is 1.95. The molecule has 5 rings (SSSR count). The second-order valence-electron chi connectivity index (χ2n) is 9.35. The fourth-order valence-corrected chi connectivity index (χ4v) is 7.91. The Labute approximate surface area is 219 Å². The van der Waals surface area contributed by atoms with E-state index < -0.39 is 0 Å². The number of hydrogen-bond acceptors (Lipinski definition) is 4. The van der Waals surface area contributed by atoms with Gasteiger partial charge >= 0.3 is 0 Å². The van der Waals surface area contributed by atoms with E-state index >= 15 is 0 Å². The average molecular weight is 638 g/mol. The molecule has 2 aromatic rings. The van der Waals surface area contributed by atoms with Crippen LogP contribution in [0.2, 0.25) is 0 Å². The summed E-state index contributed by atoms with van der Waals surface area (Å²) in [5.41, 5.74) is 2.98. The van der Waals surface area contributed by atoms with Gasteiger partial charge in [-0.15, -0.1) is 11.8 Å². The van der Waals surface area contributed by atoms with Crippen molar-refractivity contribution in [2.24, 2.45) is 17.3 Å². The Hall–Kier alpha value is -0.208. The number of aliphatic hydroxyl groups is 1. The number of phenols is 1. The third-order valence-electron chi connectivity index (χ3n) is 8.01. The summed E-state index contributed by atoms with van der Waals surface area (Å²) in [6, 6.07) is 14.3. The van der Waals surface area contributed by atoms with Crippen LogP contribution >= 0.6 is 11.8 Å². The summed E-state index contributed by atoms with van der Waals surface area (Å²) < 4.78 is 5.51. The second-order valence-corrected chi connectivity index (χ2v) is 10.7. The number of methoxy groups -OCH3 is 1. The molecule has 2 fully saturated rings. The van der Waals surface area contributed by atoms with E-state index in [1.165, 1.54) is 16.0 Å². The van der Waals surface area contributed by atoms with Crippen molar-refractivity contribution in [1.82, 2.24) is 0 Å². The van der Waals surface area contributed by atoms with Crippen LogP contribution in [0.1, 0.15) is 49.7 Å². The zero-order valence-electron chi connectivity index (χ0n) is 17.8.